The smallest absolute Gasteiger partial charge is 0.265 e. The first-order chi connectivity index (χ1) is 9.11. The summed E-state index contributed by atoms with van der Waals surface area (Å²) in [5, 5.41) is 12.1. The maximum Gasteiger partial charge on any atom is 0.265 e. The Hall–Kier alpha value is -1.38. The number of nitrogens with two attached hydrogens (primary N) is 2. The Labute approximate surface area is 115 Å². The lowest BCUT2D eigenvalue weighted by atomic mass is 10.3. The molecule has 7 nitrogen and oxygen atoms in total. The van der Waals surface area contributed by atoms with Gasteiger partial charge in [0.15, 0.2) is 5.13 Å². The van der Waals surface area contributed by atoms with E-state index in [1.54, 1.807) is 0 Å². The van der Waals surface area contributed by atoms with Crippen LogP contribution in [0.25, 0.3) is 0 Å². The third kappa shape index (κ3) is 3.34. The molecule has 0 spiro atoms. The Balaban J connectivity index is 2.02. The van der Waals surface area contributed by atoms with Gasteiger partial charge in [0, 0.05) is 32.3 Å². The highest BCUT2D eigenvalue weighted by Gasteiger charge is 2.24. The van der Waals surface area contributed by atoms with Crippen molar-refractivity contribution in [2.24, 2.45) is 5.73 Å². The highest BCUT2D eigenvalue weighted by atomic mass is 32.1. The highest BCUT2D eigenvalue weighted by Crippen LogP contribution is 2.30. The van der Waals surface area contributed by atoms with Gasteiger partial charge in [0.2, 0.25) is 0 Å². The first-order valence-electron chi connectivity index (χ1n) is 6.27. The fraction of sp³-hybridized carbons (Fsp3) is 0.636. The first kappa shape index (κ1) is 14.0. The zero-order valence-corrected chi connectivity index (χ0v) is 11.4. The lowest BCUT2D eigenvalue weighted by molar-refractivity contribution is 0.0956. The van der Waals surface area contributed by atoms with E-state index >= 15 is 0 Å². The summed E-state index contributed by atoms with van der Waals surface area (Å²) < 4.78 is 0. The second kappa shape index (κ2) is 6.18. The van der Waals surface area contributed by atoms with Crippen molar-refractivity contribution in [3.63, 3.8) is 0 Å². The molecule has 1 atom stereocenters. The number of aliphatic hydroxyl groups is 1. The molecule has 0 aliphatic carbocycles. The van der Waals surface area contributed by atoms with E-state index in [4.69, 9.17) is 16.6 Å². The molecule has 106 valence electrons. The molecule has 0 bridgehead atoms. The topological polar surface area (TPSA) is 118 Å². The normalized spacial score (nSPS) is 18.8. The van der Waals surface area contributed by atoms with Crippen molar-refractivity contribution in [1.82, 2.24) is 10.3 Å². The number of rotatable bonds is 5. The average Bonchev–Trinajstić information content (AvgIpc) is 2.95. The predicted molar refractivity (Wildman–Crippen MR) is 75.4 cm³/mol. The number of nitrogens with one attached hydrogen (secondary N) is 1. The maximum absolute atomic E-state index is 11.9. The van der Waals surface area contributed by atoms with Gasteiger partial charge in [-0.05, 0) is 12.8 Å². The minimum Gasteiger partial charge on any atom is -0.396 e. The van der Waals surface area contributed by atoms with Gasteiger partial charge in [0.1, 0.15) is 10.7 Å². The Morgan fingerprint density at radius 1 is 1.63 bits per heavy atom. The Morgan fingerprint density at radius 3 is 3.05 bits per heavy atom. The highest BCUT2D eigenvalue weighted by molar-refractivity contribution is 7.18. The second-order valence-electron chi connectivity index (χ2n) is 4.54. The number of nitrogen functional groups attached to an aromatic ring is 1. The molecule has 1 aromatic rings. The fourth-order valence-electron chi connectivity index (χ4n) is 1.94. The van der Waals surface area contributed by atoms with E-state index < -0.39 is 0 Å². The number of amides is 1. The van der Waals surface area contributed by atoms with E-state index in [0.717, 1.165) is 24.6 Å². The molecule has 2 rings (SSSR count). The average molecular weight is 285 g/mol. The third-order valence-electron chi connectivity index (χ3n) is 2.96. The molecule has 19 heavy (non-hydrogen) atoms. The van der Waals surface area contributed by atoms with E-state index in [9.17, 15) is 4.79 Å². The maximum atomic E-state index is 11.9. The fourth-order valence-corrected chi connectivity index (χ4v) is 2.88. The van der Waals surface area contributed by atoms with Gasteiger partial charge in [-0.3, -0.25) is 4.79 Å². The molecule has 0 radical (unpaired) electrons. The van der Waals surface area contributed by atoms with Crippen LogP contribution in [-0.4, -0.2) is 48.3 Å². The van der Waals surface area contributed by atoms with E-state index in [1.807, 2.05) is 0 Å². The van der Waals surface area contributed by atoms with E-state index in [0.29, 0.717) is 17.8 Å². The van der Waals surface area contributed by atoms with Gasteiger partial charge in [-0.15, -0.1) is 0 Å². The monoisotopic (exact) mass is 285 g/mol. The summed E-state index contributed by atoms with van der Waals surface area (Å²) in [6, 6.07) is 0.159. The van der Waals surface area contributed by atoms with Gasteiger partial charge in [0.25, 0.3) is 5.91 Å². The quantitative estimate of drug-likeness (QED) is 0.535. The van der Waals surface area contributed by atoms with E-state index in [2.05, 4.69) is 15.2 Å². The number of carbonyl (C=O) groups is 1. The van der Waals surface area contributed by atoms with Gasteiger partial charge >= 0.3 is 0 Å². The molecule has 1 aliphatic rings. The van der Waals surface area contributed by atoms with Crippen molar-refractivity contribution in [1.29, 1.82) is 0 Å². The molecule has 8 heteroatoms. The molecule has 6 N–H and O–H groups in total. The van der Waals surface area contributed by atoms with Crippen molar-refractivity contribution in [3.8, 4) is 0 Å². The first-order valence-corrected chi connectivity index (χ1v) is 7.09. The molecule has 1 unspecified atom stereocenters. The van der Waals surface area contributed by atoms with Crippen molar-refractivity contribution in [2.75, 3.05) is 36.9 Å². The van der Waals surface area contributed by atoms with Gasteiger partial charge in [-0.25, -0.2) is 4.98 Å². The Morgan fingerprint density at radius 2 is 2.42 bits per heavy atom. The Kier molecular flexibility index (Phi) is 4.56. The summed E-state index contributed by atoms with van der Waals surface area (Å²) in [6.45, 7) is 2.07. The van der Waals surface area contributed by atoms with Crippen LogP contribution in [0.1, 0.15) is 22.5 Å². The van der Waals surface area contributed by atoms with Crippen molar-refractivity contribution >= 4 is 28.2 Å². The predicted octanol–water partition coefficient (Wildman–Crippen LogP) is -0.625. The molecule has 0 aromatic carbocycles. The van der Waals surface area contributed by atoms with Crippen molar-refractivity contribution in [3.05, 3.63) is 4.88 Å². The van der Waals surface area contributed by atoms with Crippen LogP contribution in [0.15, 0.2) is 0 Å². The molecule has 2 heterocycles. The second-order valence-corrected chi connectivity index (χ2v) is 5.52. The number of hydrogen-bond donors (Lipinski definition) is 4. The van der Waals surface area contributed by atoms with Crippen LogP contribution in [0.3, 0.4) is 0 Å². The largest absolute Gasteiger partial charge is 0.396 e. The lowest BCUT2D eigenvalue weighted by Crippen LogP contribution is -2.26. The number of aliphatic hydroxyl groups excluding tert-OH is 1. The minimum absolute atomic E-state index is 0.0510. The molecular formula is C11H19N5O2S. The zero-order valence-electron chi connectivity index (χ0n) is 10.6. The summed E-state index contributed by atoms with van der Waals surface area (Å²) in [5.41, 5.74) is 11.6. The summed E-state index contributed by atoms with van der Waals surface area (Å²) >= 11 is 1.28. The van der Waals surface area contributed by atoms with Gasteiger partial charge in [-0.1, -0.05) is 11.3 Å². The zero-order chi connectivity index (χ0) is 13.8. The number of hydrogen-bond acceptors (Lipinski definition) is 7. The summed E-state index contributed by atoms with van der Waals surface area (Å²) in [4.78, 5) is 18.6. The van der Waals surface area contributed by atoms with Crippen LogP contribution in [0.5, 0.6) is 0 Å². The number of nitrogens with zero attached hydrogens (tertiary/aromatic N) is 2. The summed E-state index contributed by atoms with van der Waals surface area (Å²) in [5.74, 6) is 0.0140. The van der Waals surface area contributed by atoms with E-state index in [1.165, 1.54) is 11.3 Å². The van der Waals surface area contributed by atoms with Crippen LogP contribution < -0.4 is 21.7 Å². The number of thiazole rings is 1. The van der Waals surface area contributed by atoms with Crippen LogP contribution in [0.2, 0.25) is 0 Å². The Bertz CT molecular complexity index is 450. The molecule has 1 saturated heterocycles. The molecule has 0 saturated carbocycles. The summed E-state index contributed by atoms with van der Waals surface area (Å²) in [6.07, 6.45) is 1.45. The number of aromatic nitrogens is 1. The van der Waals surface area contributed by atoms with Crippen molar-refractivity contribution < 1.29 is 9.90 Å². The number of anilines is 2. The standard InChI is InChI=1S/C11H19N5O2S/c12-7-2-4-16(6-7)11-15-9(13)8(19-11)10(18)14-3-1-5-17/h7,17H,1-6,12-13H2,(H,14,18). The SMILES string of the molecule is Nc1nc(N2CCC(N)C2)sc1C(=O)NCCCO. The molecule has 1 aliphatic heterocycles. The molecule has 1 amide bonds. The van der Waals surface area contributed by atoms with Crippen LogP contribution in [-0.2, 0) is 0 Å². The van der Waals surface area contributed by atoms with Gasteiger partial charge in [0.05, 0.1) is 0 Å². The molecular weight excluding hydrogens is 266 g/mol. The third-order valence-corrected chi connectivity index (χ3v) is 4.09. The number of carbonyl (C=O) groups excluding carboxylic acids is 1. The molecule has 1 aromatic heterocycles. The van der Waals surface area contributed by atoms with Crippen molar-refractivity contribution in [2.45, 2.75) is 18.9 Å². The summed E-state index contributed by atoms with van der Waals surface area (Å²) in [7, 11) is 0. The van der Waals surface area contributed by atoms with Gasteiger partial charge < -0.3 is 26.8 Å². The lowest BCUT2D eigenvalue weighted by Gasteiger charge is -2.12. The molecule has 1 fully saturated rings. The van der Waals surface area contributed by atoms with Gasteiger partial charge in [-0.2, -0.15) is 0 Å². The minimum atomic E-state index is -0.238. The van der Waals surface area contributed by atoms with E-state index in [-0.39, 0.29) is 24.4 Å². The van der Waals surface area contributed by atoms with Crippen LogP contribution in [0, 0.1) is 0 Å². The van der Waals surface area contributed by atoms with Crippen LogP contribution in [0.4, 0.5) is 10.9 Å². The van der Waals surface area contributed by atoms with Crippen LogP contribution >= 0.6 is 11.3 Å².